The van der Waals surface area contributed by atoms with Gasteiger partial charge in [0, 0.05) is 32.0 Å². The van der Waals surface area contributed by atoms with Crippen LogP contribution in [0.2, 0.25) is 0 Å². The van der Waals surface area contributed by atoms with Crippen LogP contribution >= 0.6 is 7.26 Å². The Labute approximate surface area is 230 Å². The highest BCUT2D eigenvalue weighted by Crippen LogP contribution is 2.61. The molecule has 0 fully saturated rings. The number of rotatable bonds is 16. The third-order valence-electron chi connectivity index (χ3n) is 7.64. The Balaban J connectivity index is 0.000000217. The summed E-state index contributed by atoms with van der Waals surface area (Å²) in [5, 5.41) is 0. The Bertz CT molecular complexity index is 899. The van der Waals surface area contributed by atoms with Crippen LogP contribution in [-0.4, -0.2) is 69.2 Å². The van der Waals surface area contributed by atoms with Crippen molar-refractivity contribution in [3.8, 4) is 0 Å². The summed E-state index contributed by atoms with van der Waals surface area (Å²) in [5.41, 5.74) is 0. The minimum Gasteiger partial charge on any atom is -0.455 e. The summed E-state index contributed by atoms with van der Waals surface area (Å²) in [6, 6.07) is 0. The fourth-order valence-electron chi connectivity index (χ4n) is 5.47. The summed E-state index contributed by atoms with van der Waals surface area (Å²) in [6.07, 6.45) is 39.7. The summed E-state index contributed by atoms with van der Waals surface area (Å²) < 4.78 is 8.08. The van der Waals surface area contributed by atoms with Crippen LogP contribution < -0.4 is 0 Å². The molecule has 0 aliphatic heterocycles. The predicted octanol–water partition coefficient (Wildman–Crippen LogP) is 6.61. The van der Waals surface area contributed by atoms with E-state index in [4.69, 9.17) is 0 Å². The second-order valence-electron chi connectivity index (χ2n) is 10.4. The van der Waals surface area contributed by atoms with Gasteiger partial charge in [-0.3, -0.25) is 0 Å². The van der Waals surface area contributed by atoms with Crippen LogP contribution in [0.1, 0.15) is 79.1 Å². The lowest BCUT2D eigenvalue weighted by molar-refractivity contribution is 0.807. The van der Waals surface area contributed by atoms with Gasteiger partial charge in [-0.1, -0.05) is 53.4 Å². The Hall–Kier alpha value is -2.67. The van der Waals surface area contributed by atoms with Crippen molar-refractivity contribution in [2.75, 3.05) is 24.6 Å². The van der Waals surface area contributed by atoms with Crippen molar-refractivity contribution in [3.05, 3.63) is 74.9 Å². The molecule has 8 nitrogen and oxygen atoms in total. The molecule has 38 heavy (non-hydrogen) atoms. The maximum Gasteiger partial charge on any atom is 0.405 e. The van der Waals surface area contributed by atoms with Gasteiger partial charge in [0.1, 0.15) is 0 Å². The van der Waals surface area contributed by atoms with Gasteiger partial charge in [-0.15, -0.1) is 0 Å². The first-order chi connectivity index (χ1) is 18.7. The molecule has 0 amide bonds. The minimum absolute atomic E-state index is 0.562. The molecular formula is C28H48BN8P. The van der Waals surface area contributed by atoms with E-state index in [0.717, 1.165) is 0 Å². The molecule has 4 aromatic rings. The summed E-state index contributed by atoms with van der Waals surface area (Å²) >= 11 is 0. The first kappa shape index (κ1) is 29.9. The van der Waals surface area contributed by atoms with Gasteiger partial charge in [-0.2, -0.15) is 0 Å². The lowest BCUT2D eigenvalue weighted by Crippen LogP contribution is -2.62. The van der Waals surface area contributed by atoms with Gasteiger partial charge in [0.25, 0.3) is 0 Å². The predicted molar refractivity (Wildman–Crippen MR) is 162 cm³/mol. The molecule has 0 saturated carbocycles. The van der Waals surface area contributed by atoms with E-state index >= 15 is 0 Å². The molecule has 0 spiro atoms. The monoisotopic (exact) mass is 538 g/mol. The van der Waals surface area contributed by atoms with Crippen LogP contribution in [0.3, 0.4) is 0 Å². The van der Waals surface area contributed by atoms with Crippen molar-refractivity contribution >= 4 is 13.9 Å². The molecular weight excluding hydrogens is 490 g/mol. The van der Waals surface area contributed by atoms with Gasteiger partial charge in [-0.05, 0) is 50.5 Å². The van der Waals surface area contributed by atoms with E-state index in [1.54, 1.807) is 74.7 Å². The maximum atomic E-state index is 4.20. The Morgan fingerprint density at radius 1 is 0.474 bits per heavy atom. The smallest absolute Gasteiger partial charge is 0.405 e. The molecule has 0 unspecified atom stereocenters. The van der Waals surface area contributed by atoms with Crippen molar-refractivity contribution in [1.29, 1.82) is 0 Å². The lowest BCUT2D eigenvalue weighted by Gasteiger charge is -2.45. The molecule has 4 aromatic heterocycles. The van der Waals surface area contributed by atoms with Crippen LogP contribution in [0, 0.1) is 0 Å². The second-order valence-corrected chi connectivity index (χ2v) is 14.9. The third kappa shape index (κ3) is 7.25. The first-order valence-corrected chi connectivity index (χ1v) is 17.1. The molecule has 208 valence electrons. The molecule has 0 N–H and O–H groups in total. The molecule has 0 atom stereocenters. The number of unbranched alkanes of at least 4 members (excludes halogenated alkanes) is 4. The fraction of sp³-hybridized carbons (Fsp3) is 0.571. The topological polar surface area (TPSA) is 71.3 Å². The van der Waals surface area contributed by atoms with Crippen molar-refractivity contribution in [2.45, 2.75) is 79.1 Å². The highest BCUT2D eigenvalue weighted by atomic mass is 31.2. The zero-order valence-electron chi connectivity index (χ0n) is 24.0. The van der Waals surface area contributed by atoms with Gasteiger partial charge in [0.15, 0.2) is 0 Å². The molecule has 4 rings (SSSR count). The van der Waals surface area contributed by atoms with Gasteiger partial charge < -0.3 is 17.9 Å². The zero-order chi connectivity index (χ0) is 27.1. The van der Waals surface area contributed by atoms with Gasteiger partial charge in [-0.25, -0.2) is 19.9 Å². The molecule has 0 bridgehead atoms. The molecule has 4 heterocycles. The number of nitrogens with zero attached hydrogens (tertiary/aromatic N) is 8. The average molecular weight is 539 g/mol. The molecule has 0 saturated heterocycles. The zero-order valence-corrected chi connectivity index (χ0v) is 24.9. The summed E-state index contributed by atoms with van der Waals surface area (Å²) in [7, 11) is -0.562. The maximum absolute atomic E-state index is 4.20. The quantitative estimate of drug-likeness (QED) is 0.119. The van der Waals surface area contributed by atoms with Crippen LogP contribution in [0.5, 0.6) is 0 Å². The Kier molecular flexibility index (Phi) is 12.3. The Morgan fingerprint density at radius 2 is 0.737 bits per heavy atom. The number of hydrogen-bond donors (Lipinski definition) is 0. The van der Waals surface area contributed by atoms with Crippen molar-refractivity contribution in [3.63, 3.8) is 0 Å². The summed E-state index contributed by atoms with van der Waals surface area (Å²) in [5.74, 6) is 0. The molecule has 10 heteroatoms. The van der Waals surface area contributed by atoms with Crippen LogP contribution in [0.15, 0.2) is 74.9 Å². The van der Waals surface area contributed by atoms with Crippen LogP contribution in [0.25, 0.3) is 0 Å². The first-order valence-electron chi connectivity index (χ1n) is 14.6. The Morgan fingerprint density at radius 3 is 0.921 bits per heavy atom. The molecule has 0 radical (unpaired) electrons. The standard InChI is InChI=1S/C16H36P.C12H12BN8/c1-5-9-13-17(14-10-6-2,15-11-7-3)16-12-8-4;1-5-18(9-14-1)13(19-6-2-15-10-19,20-7-3-16-11-20)21-8-4-17-12-21/h5-16H2,1-4H3;1-12H/q+1;-1. The summed E-state index contributed by atoms with van der Waals surface area (Å²) in [4.78, 5) is 16.8. The van der Waals surface area contributed by atoms with Gasteiger partial charge in [0.2, 0.25) is 0 Å². The van der Waals surface area contributed by atoms with Crippen molar-refractivity contribution in [2.24, 2.45) is 0 Å². The van der Waals surface area contributed by atoms with E-state index in [9.17, 15) is 0 Å². The van der Waals surface area contributed by atoms with E-state index in [-0.39, 0.29) is 0 Å². The number of aromatic nitrogens is 8. The number of imidazole rings is 4. The van der Waals surface area contributed by atoms with Crippen molar-refractivity contribution < 1.29 is 0 Å². The highest BCUT2D eigenvalue weighted by molar-refractivity contribution is 7.75. The van der Waals surface area contributed by atoms with E-state index in [1.165, 1.54) is 51.4 Å². The van der Waals surface area contributed by atoms with Crippen molar-refractivity contribution in [1.82, 2.24) is 37.8 Å². The van der Waals surface area contributed by atoms with E-state index in [2.05, 4.69) is 47.6 Å². The number of hydrogen-bond acceptors (Lipinski definition) is 4. The van der Waals surface area contributed by atoms with E-state index in [1.807, 2.05) is 42.7 Å². The third-order valence-corrected chi connectivity index (χ3v) is 12.7. The normalized spacial score (nSPS) is 11.9. The fourth-order valence-corrected chi connectivity index (χ4v) is 10.8. The van der Waals surface area contributed by atoms with Gasteiger partial charge in [0.05, 0.1) is 50.0 Å². The highest BCUT2D eigenvalue weighted by Gasteiger charge is 2.35. The van der Waals surface area contributed by atoms with E-state index in [0.29, 0.717) is 0 Å². The van der Waals surface area contributed by atoms with Crippen LogP contribution in [0.4, 0.5) is 0 Å². The largest absolute Gasteiger partial charge is 0.455 e. The SMILES string of the molecule is CCCC[P+](CCCC)(CCCC)CCCC.c1cn([B-](n2ccnc2)(n2ccnc2)n2ccnc2)cn1. The molecule has 0 aliphatic rings. The van der Waals surface area contributed by atoms with Gasteiger partial charge >= 0.3 is 6.69 Å². The second kappa shape index (κ2) is 15.7. The van der Waals surface area contributed by atoms with Crippen LogP contribution in [-0.2, 0) is 0 Å². The average Bonchev–Trinajstić information content (AvgIpc) is 3.78. The lowest BCUT2D eigenvalue weighted by atomic mass is 9.72. The molecule has 0 aliphatic carbocycles. The minimum atomic E-state index is -1.64. The van der Waals surface area contributed by atoms with E-state index < -0.39 is 13.9 Å². The summed E-state index contributed by atoms with van der Waals surface area (Å²) in [6.45, 7) is 7.78. The molecule has 0 aromatic carbocycles.